The van der Waals surface area contributed by atoms with Gasteiger partial charge >= 0.3 is 0 Å². The second-order valence-electron chi connectivity index (χ2n) is 5.38. The minimum atomic E-state index is -3.60. The van der Waals surface area contributed by atoms with Gasteiger partial charge in [-0.25, -0.2) is 12.7 Å². The molecule has 0 unspecified atom stereocenters. The molecule has 1 amide bonds. The third kappa shape index (κ3) is 4.08. The highest BCUT2D eigenvalue weighted by Crippen LogP contribution is 2.24. The van der Waals surface area contributed by atoms with Crippen LogP contribution in [0.3, 0.4) is 0 Å². The van der Waals surface area contributed by atoms with Crippen LogP contribution in [0.2, 0.25) is 10.0 Å². The maximum Gasteiger partial charge on any atom is 0.255 e. The van der Waals surface area contributed by atoms with Crippen molar-refractivity contribution in [1.29, 1.82) is 0 Å². The van der Waals surface area contributed by atoms with Gasteiger partial charge in [-0.15, -0.1) is 0 Å². The highest BCUT2D eigenvalue weighted by molar-refractivity contribution is 7.89. The Morgan fingerprint density at radius 1 is 1.04 bits per heavy atom. The van der Waals surface area contributed by atoms with Gasteiger partial charge in [0.2, 0.25) is 10.0 Å². The molecule has 0 aromatic heterocycles. The number of nitrogens with zero attached hydrogens (tertiary/aromatic N) is 1. The van der Waals surface area contributed by atoms with E-state index in [1.54, 1.807) is 19.1 Å². The lowest BCUT2D eigenvalue weighted by Gasteiger charge is -2.15. The number of carbonyl (C=O) groups is 1. The molecule has 5 nitrogen and oxygen atoms in total. The van der Waals surface area contributed by atoms with Crippen LogP contribution < -0.4 is 5.32 Å². The molecule has 0 aliphatic heterocycles. The molecule has 0 aliphatic carbocycles. The van der Waals surface area contributed by atoms with Crippen LogP contribution in [0.25, 0.3) is 0 Å². The first-order valence-electron chi connectivity index (χ1n) is 6.92. The number of carbonyl (C=O) groups excluding carboxylic acids is 1. The number of nitrogens with one attached hydrogen (secondary N) is 1. The first kappa shape index (κ1) is 18.7. The summed E-state index contributed by atoms with van der Waals surface area (Å²) < 4.78 is 25.8. The Labute approximate surface area is 151 Å². The number of halogens is 2. The minimum Gasteiger partial charge on any atom is -0.322 e. The first-order chi connectivity index (χ1) is 11.1. The molecule has 0 spiro atoms. The molecular formula is C16H16Cl2N2O3S. The molecule has 0 radical (unpaired) electrons. The number of amides is 1. The van der Waals surface area contributed by atoms with E-state index in [0.717, 1.165) is 4.31 Å². The van der Waals surface area contributed by atoms with Crippen molar-refractivity contribution >= 4 is 44.8 Å². The van der Waals surface area contributed by atoms with Crippen LogP contribution in [-0.4, -0.2) is 32.7 Å². The molecule has 1 N–H and O–H groups in total. The molecule has 0 atom stereocenters. The van der Waals surface area contributed by atoms with Gasteiger partial charge in [-0.05, 0) is 42.8 Å². The van der Waals surface area contributed by atoms with Crippen LogP contribution in [0.1, 0.15) is 15.9 Å². The van der Waals surface area contributed by atoms with E-state index in [1.807, 2.05) is 0 Å². The van der Waals surface area contributed by atoms with Crippen molar-refractivity contribution in [3.63, 3.8) is 0 Å². The lowest BCUT2D eigenvalue weighted by Crippen LogP contribution is -2.23. The largest absolute Gasteiger partial charge is 0.322 e. The fraction of sp³-hybridized carbons (Fsp3) is 0.188. The van der Waals surface area contributed by atoms with E-state index >= 15 is 0 Å². The van der Waals surface area contributed by atoms with Crippen molar-refractivity contribution in [3.05, 3.63) is 57.6 Å². The summed E-state index contributed by atoms with van der Waals surface area (Å²) in [6.07, 6.45) is 0. The fourth-order valence-corrected chi connectivity index (χ4v) is 3.71. The van der Waals surface area contributed by atoms with Crippen LogP contribution >= 0.6 is 23.2 Å². The highest BCUT2D eigenvalue weighted by atomic mass is 35.5. The number of hydrogen-bond acceptors (Lipinski definition) is 3. The molecule has 2 aromatic rings. The predicted octanol–water partition coefficient (Wildman–Crippen LogP) is 3.80. The predicted molar refractivity (Wildman–Crippen MR) is 96.5 cm³/mol. The van der Waals surface area contributed by atoms with Gasteiger partial charge in [0.25, 0.3) is 5.91 Å². The molecular weight excluding hydrogens is 371 g/mol. The van der Waals surface area contributed by atoms with Crippen LogP contribution in [0, 0.1) is 6.92 Å². The Balaban J connectivity index is 2.36. The molecule has 0 aliphatic rings. The molecule has 0 heterocycles. The van der Waals surface area contributed by atoms with E-state index in [4.69, 9.17) is 23.2 Å². The average molecular weight is 387 g/mol. The number of benzene rings is 2. The smallest absolute Gasteiger partial charge is 0.255 e. The summed E-state index contributed by atoms with van der Waals surface area (Å²) in [7, 11) is -0.699. The molecule has 0 fully saturated rings. The topological polar surface area (TPSA) is 66.5 Å². The molecule has 0 saturated heterocycles. The Morgan fingerprint density at radius 3 is 2.17 bits per heavy atom. The van der Waals surface area contributed by atoms with Gasteiger partial charge in [-0.2, -0.15) is 0 Å². The molecule has 24 heavy (non-hydrogen) atoms. The highest BCUT2D eigenvalue weighted by Gasteiger charge is 2.20. The quantitative estimate of drug-likeness (QED) is 0.868. The Kier molecular flexibility index (Phi) is 5.55. The first-order valence-corrected chi connectivity index (χ1v) is 9.11. The van der Waals surface area contributed by atoms with Gasteiger partial charge in [0.05, 0.1) is 4.90 Å². The second kappa shape index (κ2) is 7.11. The molecule has 0 bridgehead atoms. The van der Waals surface area contributed by atoms with Crippen LogP contribution in [-0.2, 0) is 10.0 Å². The third-order valence-electron chi connectivity index (χ3n) is 3.33. The summed E-state index contributed by atoms with van der Waals surface area (Å²) in [5, 5.41) is 3.33. The fourth-order valence-electron chi connectivity index (χ4n) is 2.04. The van der Waals surface area contributed by atoms with E-state index in [9.17, 15) is 13.2 Å². The van der Waals surface area contributed by atoms with Crippen molar-refractivity contribution in [1.82, 2.24) is 4.31 Å². The van der Waals surface area contributed by atoms with Crippen molar-refractivity contribution in [2.45, 2.75) is 11.8 Å². The molecule has 8 heteroatoms. The summed E-state index contributed by atoms with van der Waals surface area (Å²) in [5.41, 5.74) is 1.24. The van der Waals surface area contributed by atoms with E-state index in [2.05, 4.69) is 5.32 Å². The van der Waals surface area contributed by atoms with Crippen molar-refractivity contribution in [2.24, 2.45) is 0 Å². The lowest BCUT2D eigenvalue weighted by molar-refractivity contribution is 0.102. The van der Waals surface area contributed by atoms with Gasteiger partial charge in [-0.3, -0.25) is 4.79 Å². The monoisotopic (exact) mass is 386 g/mol. The summed E-state index contributed by atoms with van der Waals surface area (Å²) in [4.78, 5) is 12.4. The normalized spacial score (nSPS) is 11.6. The van der Waals surface area contributed by atoms with Gasteiger partial charge in [0.15, 0.2) is 0 Å². The zero-order chi connectivity index (χ0) is 18.1. The zero-order valence-electron chi connectivity index (χ0n) is 13.3. The number of hydrogen-bond donors (Lipinski definition) is 1. The van der Waals surface area contributed by atoms with Crippen molar-refractivity contribution < 1.29 is 13.2 Å². The van der Waals surface area contributed by atoms with Gasteiger partial charge in [-0.1, -0.05) is 29.3 Å². The van der Waals surface area contributed by atoms with E-state index < -0.39 is 15.9 Å². The maximum atomic E-state index is 12.3. The lowest BCUT2D eigenvalue weighted by atomic mass is 10.2. The number of sulfonamides is 1. The van der Waals surface area contributed by atoms with Crippen molar-refractivity contribution in [2.75, 3.05) is 19.4 Å². The van der Waals surface area contributed by atoms with Crippen LogP contribution in [0.5, 0.6) is 0 Å². The number of anilines is 1. The summed E-state index contributed by atoms with van der Waals surface area (Å²) in [6, 6.07) is 9.18. The minimum absolute atomic E-state index is 0.134. The molecule has 128 valence electrons. The van der Waals surface area contributed by atoms with Gasteiger partial charge in [0.1, 0.15) is 0 Å². The van der Waals surface area contributed by atoms with Gasteiger partial charge < -0.3 is 5.32 Å². The summed E-state index contributed by atoms with van der Waals surface area (Å²) >= 11 is 11.8. The van der Waals surface area contributed by atoms with E-state index in [1.165, 1.54) is 38.4 Å². The average Bonchev–Trinajstić information content (AvgIpc) is 2.47. The van der Waals surface area contributed by atoms with E-state index in [-0.39, 0.29) is 10.5 Å². The number of rotatable bonds is 4. The summed E-state index contributed by atoms with van der Waals surface area (Å²) in [5.74, 6) is -0.434. The van der Waals surface area contributed by atoms with Gasteiger partial charge in [0, 0.05) is 35.4 Å². The SMILES string of the molecule is Cc1ccc(NC(=O)c2cc(Cl)cc(Cl)c2)cc1S(=O)(=O)N(C)C. The number of aryl methyl sites for hydroxylation is 1. The van der Waals surface area contributed by atoms with E-state index in [0.29, 0.717) is 21.3 Å². The summed E-state index contributed by atoms with van der Waals surface area (Å²) in [6.45, 7) is 1.69. The van der Waals surface area contributed by atoms with Crippen molar-refractivity contribution in [3.8, 4) is 0 Å². The molecule has 2 rings (SSSR count). The second-order valence-corrected chi connectivity index (χ2v) is 8.37. The Bertz CT molecular complexity index is 876. The molecule has 0 saturated carbocycles. The Morgan fingerprint density at radius 2 is 1.62 bits per heavy atom. The van der Waals surface area contributed by atoms with Crippen LogP contribution in [0.15, 0.2) is 41.3 Å². The zero-order valence-corrected chi connectivity index (χ0v) is 15.6. The standard InChI is InChI=1S/C16H16Cl2N2O3S/c1-10-4-5-14(9-15(10)24(22,23)20(2)3)19-16(21)11-6-12(17)8-13(18)7-11/h4-9H,1-3H3,(H,19,21). The third-order valence-corrected chi connectivity index (χ3v) is 5.72. The molecule has 2 aromatic carbocycles. The van der Waals surface area contributed by atoms with Crippen LogP contribution in [0.4, 0.5) is 5.69 Å². The Hall–Kier alpha value is -1.60. The maximum absolute atomic E-state index is 12.3.